The van der Waals surface area contributed by atoms with E-state index < -0.39 is 24.3 Å². The van der Waals surface area contributed by atoms with E-state index in [-0.39, 0.29) is 11.6 Å². The topological polar surface area (TPSA) is 55.4 Å². The summed E-state index contributed by atoms with van der Waals surface area (Å²) < 4.78 is 17.9. The lowest BCUT2D eigenvalue weighted by Gasteiger charge is -2.15. The molecule has 0 aliphatic carbocycles. The van der Waals surface area contributed by atoms with Gasteiger partial charge in [-0.3, -0.25) is 4.79 Å². The standard InChI is InChI=1S/C17H15ClFNO3/c1-11(14-7-2-3-8-15(14)18)20-16(21)10-23-17(22)12-5-4-6-13(19)9-12/h2-9,11H,10H2,1H3,(H,20,21)/t11-/m1/s1. The summed E-state index contributed by atoms with van der Waals surface area (Å²) in [6, 6.07) is 11.9. The molecule has 0 aromatic heterocycles. The maximum atomic E-state index is 13.0. The van der Waals surface area contributed by atoms with Crippen LogP contribution in [0.2, 0.25) is 5.02 Å². The summed E-state index contributed by atoms with van der Waals surface area (Å²) in [5.74, 6) is -1.77. The summed E-state index contributed by atoms with van der Waals surface area (Å²) in [4.78, 5) is 23.6. The van der Waals surface area contributed by atoms with Gasteiger partial charge in [0, 0.05) is 5.02 Å². The van der Waals surface area contributed by atoms with Crippen LogP contribution < -0.4 is 5.32 Å². The van der Waals surface area contributed by atoms with E-state index in [0.717, 1.165) is 11.6 Å². The molecule has 0 saturated carbocycles. The Balaban J connectivity index is 1.88. The first-order chi connectivity index (χ1) is 11.0. The smallest absolute Gasteiger partial charge is 0.338 e. The van der Waals surface area contributed by atoms with E-state index in [1.807, 2.05) is 6.07 Å². The molecule has 0 spiro atoms. The summed E-state index contributed by atoms with van der Waals surface area (Å²) >= 11 is 6.05. The largest absolute Gasteiger partial charge is 0.452 e. The zero-order valence-electron chi connectivity index (χ0n) is 12.4. The van der Waals surface area contributed by atoms with Gasteiger partial charge in [-0.25, -0.2) is 9.18 Å². The minimum absolute atomic E-state index is 0.0527. The van der Waals surface area contributed by atoms with Crippen LogP contribution in [0, 0.1) is 5.82 Å². The predicted molar refractivity (Wildman–Crippen MR) is 84.7 cm³/mol. The number of hydrogen-bond acceptors (Lipinski definition) is 3. The number of nitrogens with one attached hydrogen (secondary N) is 1. The van der Waals surface area contributed by atoms with Crippen LogP contribution in [0.3, 0.4) is 0 Å². The Morgan fingerprint density at radius 2 is 1.96 bits per heavy atom. The highest BCUT2D eigenvalue weighted by atomic mass is 35.5. The fraction of sp³-hybridized carbons (Fsp3) is 0.176. The van der Waals surface area contributed by atoms with Crippen molar-refractivity contribution in [2.75, 3.05) is 6.61 Å². The van der Waals surface area contributed by atoms with E-state index in [1.54, 1.807) is 25.1 Å². The lowest BCUT2D eigenvalue weighted by Crippen LogP contribution is -2.31. The van der Waals surface area contributed by atoms with Crippen molar-refractivity contribution in [1.82, 2.24) is 5.32 Å². The van der Waals surface area contributed by atoms with Gasteiger partial charge in [0.25, 0.3) is 5.91 Å². The molecule has 0 fully saturated rings. The van der Waals surface area contributed by atoms with Gasteiger partial charge >= 0.3 is 5.97 Å². The summed E-state index contributed by atoms with van der Waals surface area (Å²) in [6.07, 6.45) is 0. The number of hydrogen-bond donors (Lipinski definition) is 1. The Bertz CT molecular complexity index is 720. The molecule has 0 saturated heterocycles. The van der Waals surface area contributed by atoms with Crippen LogP contribution in [0.25, 0.3) is 0 Å². The van der Waals surface area contributed by atoms with Crippen molar-refractivity contribution >= 4 is 23.5 Å². The summed E-state index contributed by atoms with van der Waals surface area (Å²) in [6.45, 7) is 1.32. The first-order valence-electron chi connectivity index (χ1n) is 6.94. The average Bonchev–Trinajstić information content (AvgIpc) is 2.53. The maximum Gasteiger partial charge on any atom is 0.338 e. The van der Waals surface area contributed by atoms with E-state index in [1.165, 1.54) is 18.2 Å². The molecule has 1 atom stereocenters. The van der Waals surface area contributed by atoms with E-state index in [4.69, 9.17) is 16.3 Å². The number of amides is 1. The Labute approximate surface area is 138 Å². The van der Waals surface area contributed by atoms with Gasteiger partial charge in [-0.1, -0.05) is 35.9 Å². The minimum atomic E-state index is -0.759. The van der Waals surface area contributed by atoms with E-state index >= 15 is 0 Å². The van der Waals surface area contributed by atoms with Crippen molar-refractivity contribution in [1.29, 1.82) is 0 Å². The van der Waals surface area contributed by atoms with Gasteiger partial charge in [0.1, 0.15) is 5.82 Å². The molecule has 1 N–H and O–H groups in total. The van der Waals surface area contributed by atoms with Crippen LogP contribution in [0.15, 0.2) is 48.5 Å². The quantitative estimate of drug-likeness (QED) is 0.851. The van der Waals surface area contributed by atoms with Gasteiger partial charge in [0.15, 0.2) is 6.61 Å². The number of benzene rings is 2. The van der Waals surface area contributed by atoms with Gasteiger partial charge in [-0.15, -0.1) is 0 Å². The molecule has 120 valence electrons. The first kappa shape index (κ1) is 17.0. The predicted octanol–water partition coefficient (Wildman–Crippen LogP) is 3.51. The molecule has 2 aromatic carbocycles. The highest BCUT2D eigenvalue weighted by Gasteiger charge is 2.14. The monoisotopic (exact) mass is 335 g/mol. The molecule has 0 radical (unpaired) electrons. The summed E-state index contributed by atoms with van der Waals surface area (Å²) in [7, 11) is 0. The van der Waals surface area contributed by atoms with Crippen LogP contribution in [0.1, 0.15) is 28.9 Å². The number of rotatable bonds is 5. The zero-order valence-corrected chi connectivity index (χ0v) is 13.1. The van der Waals surface area contributed by atoms with E-state index in [9.17, 15) is 14.0 Å². The SMILES string of the molecule is C[C@@H](NC(=O)COC(=O)c1cccc(F)c1)c1ccccc1Cl. The molecule has 2 aromatic rings. The fourth-order valence-corrected chi connectivity index (χ4v) is 2.32. The van der Waals surface area contributed by atoms with Gasteiger partial charge in [-0.05, 0) is 36.8 Å². The number of carbonyl (C=O) groups is 2. The number of ether oxygens (including phenoxy) is 1. The lowest BCUT2D eigenvalue weighted by atomic mass is 10.1. The van der Waals surface area contributed by atoms with Crippen molar-refractivity contribution in [3.63, 3.8) is 0 Å². The Kier molecular flexibility index (Phi) is 5.71. The van der Waals surface area contributed by atoms with Gasteiger partial charge < -0.3 is 10.1 Å². The van der Waals surface area contributed by atoms with Crippen LogP contribution in [0.5, 0.6) is 0 Å². The Hall–Kier alpha value is -2.40. The normalized spacial score (nSPS) is 11.6. The average molecular weight is 336 g/mol. The van der Waals surface area contributed by atoms with Crippen LogP contribution in [-0.2, 0) is 9.53 Å². The highest BCUT2D eigenvalue weighted by Crippen LogP contribution is 2.21. The van der Waals surface area contributed by atoms with Crippen molar-refractivity contribution in [3.05, 3.63) is 70.5 Å². The molecule has 0 bridgehead atoms. The number of esters is 1. The third-order valence-corrected chi connectivity index (χ3v) is 3.49. The Morgan fingerprint density at radius 1 is 1.22 bits per heavy atom. The van der Waals surface area contributed by atoms with E-state index in [2.05, 4.69) is 5.32 Å². The van der Waals surface area contributed by atoms with E-state index in [0.29, 0.717) is 5.02 Å². The molecule has 0 aliphatic heterocycles. The molecular weight excluding hydrogens is 321 g/mol. The van der Waals surface area contributed by atoms with Crippen molar-refractivity contribution in [2.45, 2.75) is 13.0 Å². The van der Waals surface area contributed by atoms with Crippen LogP contribution in [-0.4, -0.2) is 18.5 Å². The van der Waals surface area contributed by atoms with Gasteiger partial charge in [-0.2, -0.15) is 0 Å². The first-order valence-corrected chi connectivity index (χ1v) is 7.31. The Morgan fingerprint density at radius 3 is 2.65 bits per heavy atom. The molecule has 0 unspecified atom stereocenters. The zero-order chi connectivity index (χ0) is 16.8. The molecule has 1 amide bonds. The molecule has 4 nitrogen and oxygen atoms in total. The molecule has 2 rings (SSSR count). The number of halogens is 2. The lowest BCUT2D eigenvalue weighted by molar-refractivity contribution is -0.124. The summed E-state index contributed by atoms with van der Waals surface area (Å²) in [5.41, 5.74) is 0.816. The molecule has 6 heteroatoms. The third kappa shape index (κ3) is 4.79. The minimum Gasteiger partial charge on any atom is -0.452 e. The molecule has 0 heterocycles. The molecule has 0 aliphatic rings. The van der Waals surface area contributed by atoms with Crippen molar-refractivity contribution < 1.29 is 18.7 Å². The second kappa shape index (κ2) is 7.74. The maximum absolute atomic E-state index is 13.0. The van der Waals surface area contributed by atoms with Crippen molar-refractivity contribution in [2.24, 2.45) is 0 Å². The summed E-state index contributed by atoms with van der Waals surface area (Å²) in [5, 5.41) is 3.22. The fourth-order valence-electron chi connectivity index (χ4n) is 2.02. The number of carbonyl (C=O) groups excluding carboxylic acids is 2. The highest BCUT2D eigenvalue weighted by molar-refractivity contribution is 6.31. The molecular formula is C17H15ClFNO3. The van der Waals surface area contributed by atoms with Gasteiger partial charge in [0.05, 0.1) is 11.6 Å². The second-order valence-corrected chi connectivity index (χ2v) is 5.30. The second-order valence-electron chi connectivity index (χ2n) is 4.90. The van der Waals surface area contributed by atoms with Crippen LogP contribution >= 0.6 is 11.6 Å². The van der Waals surface area contributed by atoms with Crippen LogP contribution in [0.4, 0.5) is 4.39 Å². The van der Waals surface area contributed by atoms with Crippen molar-refractivity contribution in [3.8, 4) is 0 Å². The third-order valence-electron chi connectivity index (χ3n) is 3.14. The molecule has 23 heavy (non-hydrogen) atoms. The van der Waals surface area contributed by atoms with Gasteiger partial charge in [0.2, 0.25) is 0 Å².